The highest BCUT2D eigenvalue weighted by atomic mass is 32.1. The Labute approximate surface area is 242 Å². The zero-order valence-corrected chi connectivity index (χ0v) is 24.2. The number of nitrogens with one attached hydrogen (secondary N) is 2. The predicted molar refractivity (Wildman–Crippen MR) is 156 cm³/mol. The average molecular weight is 575 g/mol. The van der Waals surface area contributed by atoms with Gasteiger partial charge < -0.3 is 20.1 Å². The number of ether oxygens (including phenoxy) is 2. The van der Waals surface area contributed by atoms with E-state index in [1.807, 2.05) is 0 Å². The molecule has 12 nitrogen and oxygen atoms in total. The molecule has 41 heavy (non-hydrogen) atoms. The summed E-state index contributed by atoms with van der Waals surface area (Å²) in [5.41, 5.74) is 2.40. The third kappa shape index (κ3) is 8.72. The summed E-state index contributed by atoms with van der Waals surface area (Å²) in [5, 5.41) is 34.9. The Bertz CT molecular complexity index is 1500. The molecule has 0 amide bonds. The van der Waals surface area contributed by atoms with Crippen LogP contribution in [0.4, 0.5) is 27.3 Å². The monoisotopic (exact) mass is 574 g/mol. The number of pyridine rings is 1. The molecule has 0 saturated heterocycles. The quantitative estimate of drug-likeness (QED) is 0.0863. The predicted octanol–water partition coefficient (Wildman–Crippen LogP) is 6.31. The van der Waals surface area contributed by atoms with Crippen LogP contribution in [-0.4, -0.2) is 43.2 Å². The standard InChI is InChI=1S/C28H30N8O4S/c1-16(2)27(37)39-12-8-10-32-23-20(14-29)18(5)22(24(34-23)33-11-9-13-40-28(38)17(3)4)35-36-26-21(15-30)19(6)25(31-7)41-26/h1,3,8-13H2,2,4-6H3,(H2,32,33,34). The lowest BCUT2D eigenvalue weighted by molar-refractivity contribution is -0.139. The maximum absolute atomic E-state index is 11.6. The summed E-state index contributed by atoms with van der Waals surface area (Å²) in [4.78, 5) is 31.2. The second-order valence-electron chi connectivity index (χ2n) is 8.80. The van der Waals surface area contributed by atoms with E-state index in [1.165, 1.54) is 0 Å². The molecule has 0 aliphatic heterocycles. The molecule has 0 unspecified atom stereocenters. The highest BCUT2D eigenvalue weighted by molar-refractivity contribution is 7.20. The van der Waals surface area contributed by atoms with E-state index in [1.54, 1.807) is 27.7 Å². The van der Waals surface area contributed by atoms with Crippen LogP contribution in [-0.2, 0) is 19.1 Å². The second-order valence-corrected chi connectivity index (χ2v) is 9.78. The summed E-state index contributed by atoms with van der Waals surface area (Å²) in [6.45, 7) is 21.9. The summed E-state index contributed by atoms with van der Waals surface area (Å²) in [6, 6.07) is 4.20. The van der Waals surface area contributed by atoms with Gasteiger partial charge in [0, 0.05) is 29.8 Å². The van der Waals surface area contributed by atoms with E-state index in [2.05, 4.69) is 56.0 Å². The van der Waals surface area contributed by atoms with Crippen molar-refractivity contribution in [2.45, 2.75) is 40.5 Å². The van der Waals surface area contributed by atoms with Crippen LogP contribution in [0.3, 0.4) is 0 Å². The minimum atomic E-state index is -0.481. The molecule has 0 bridgehead atoms. The van der Waals surface area contributed by atoms with Gasteiger partial charge in [0.25, 0.3) is 0 Å². The topological polar surface area (TPSA) is 166 Å². The molecule has 2 aromatic rings. The van der Waals surface area contributed by atoms with Crippen molar-refractivity contribution in [3.8, 4) is 12.1 Å². The molecule has 2 heterocycles. The molecule has 0 fully saturated rings. The first-order valence-electron chi connectivity index (χ1n) is 12.5. The van der Waals surface area contributed by atoms with Crippen LogP contribution in [0.5, 0.6) is 0 Å². The second kappa shape index (κ2) is 15.5. The maximum Gasteiger partial charge on any atom is 0.333 e. The van der Waals surface area contributed by atoms with Crippen molar-refractivity contribution in [3.05, 3.63) is 58.0 Å². The summed E-state index contributed by atoms with van der Waals surface area (Å²) in [6.07, 6.45) is 0.908. The van der Waals surface area contributed by atoms with E-state index in [4.69, 9.17) is 16.0 Å². The van der Waals surface area contributed by atoms with E-state index in [9.17, 15) is 20.1 Å². The highest BCUT2D eigenvalue weighted by Crippen LogP contribution is 2.42. The average Bonchev–Trinajstić information content (AvgIpc) is 3.25. The Hall–Kier alpha value is -5.06. The van der Waals surface area contributed by atoms with Crippen LogP contribution in [0.1, 0.15) is 48.9 Å². The van der Waals surface area contributed by atoms with Gasteiger partial charge in [-0.15, -0.1) is 21.6 Å². The third-order valence-corrected chi connectivity index (χ3v) is 6.54. The molecule has 2 rings (SSSR count). The molecule has 0 atom stereocenters. The molecule has 0 aromatic carbocycles. The van der Waals surface area contributed by atoms with Crippen molar-refractivity contribution < 1.29 is 19.1 Å². The summed E-state index contributed by atoms with van der Waals surface area (Å²) in [5.74, 6) is -0.349. The number of aromatic nitrogens is 1. The van der Waals surface area contributed by atoms with Crippen LogP contribution < -0.4 is 10.6 Å². The molecule has 0 aliphatic rings. The van der Waals surface area contributed by atoms with E-state index in [0.29, 0.717) is 64.8 Å². The number of hydrogen-bond donors (Lipinski definition) is 2. The molecule has 0 saturated carbocycles. The van der Waals surface area contributed by atoms with Crippen LogP contribution in [0.15, 0.2) is 34.5 Å². The van der Waals surface area contributed by atoms with Crippen molar-refractivity contribution in [3.63, 3.8) is 0 Å². The fourth-order valence-corrected chi connectivity index (χ4v) is 4.10. The molecule has 0 radical (unpaired) electrons. The Morgan fingerprint density at radius 2 is 1.49 bits per heavy atom. The van der Waals surface area contributed by atoms with Crippen molar-refractivity contribution in [2.24, 2.45) is 10.2 Å². The number of rotatable bonds is 14. The van der Waals surface area contributed by atoms with E-state index in [-0.39, 0.29) is 35.0 Å². The number of esters is 2. The van der Waals surface area contributed by atoms with Crippen LogP contribution in [0.25, 0.3) is 4.85 Å². The largest absolute Gasteiger partial charge is 0.462 e. The van der Waals surface area contributed by atoms with E-state index < -0.39 is 11.9 Å². The van der Waals surface area contributed by atoms with Gasteiger partial charge in [-0.1, -0.05) is 13.2 Å². The number of nitrogens with zero attached hydrogens (tertiary/aromatic N) is 6. The first-order chi connectivity index (χ1) is 19.5. The molecule has 212 valence electrons. The molecule has 13 heteroatoms. The van der Waals surface area contributed by atoms with Crippen molar-refractivity contribution in [1.82, 2.24) is 4.98 Å². The summed E-state index contributed by atoms with van der Waals surface area (Å²) >= 11 is 1.05. The third-order valence-electron chi connectivity index (χ3n) is 5.47. The van der Waals surface area contributed by atoms with Crippen LogP contribution in [0, 0.1) is 43.1 Å². The van der Waals surface area contributed by atoms with Gasteiger partial charge in [-0.05, 0) is 46.1 Å². The lowest BCUT2D eigenvalue weighted by atomic mass is 10.1. The van der Waals surface area contributed by atoms with Gasteiger partial charge in [-0.25, -0.2) is 19.4 Å². The molecule has 0 aliphatic carbocycles. The maximum atomic E-state index is 11.6. The Morgan fingerprint density at radius 1 is 0.951 bits per heavy atom. The van der Waals surface area contributed by atoms with E-state index in [0.717, 1.165) is 11.3 Å². The number of hydrogen-bond acceptors (Lipinski definition) is 12. The SMILES string of the molecule is [C-]#[N+]c1sc(N=Nc2c(NCCCOC(=O)C(=C)C)nc(NCCCOC(=O)C(=C)C)c(C#N)c2C)c(C#N)c1C. The first-order valence-corrected chi connectivity index (χ1v) is 13.3. The Kier molecular flexibility index (Phi) is 12.2. The molecular formula is C28H30N8O4S. The molecule has 2 N–H and O–H groups in total. The molecular weight excluding hydrogens is 544 g/mol. The lowest BCUT2D eigenvalue weighted by Gasteiger charge is -2.15. The van der Waals surface area contributed by atoms with E-state index >= 15 is 0 Å². The summed E-state index contributed by atoms with van der Waals surface area (Å²) < 4.78 is 10.2. The van der Waals surface area contributed by atoms with Crippen LogP contribution >= 0.6 is 11.3 Å². The van der Waals surface area contributed by atoms with Crippen molar-refractivity contribution in [2.75, 3.05) is 36.9 Å². The van der Waals surface area contributed by atoms with Crippen molar-refractivity contribution in [1.29, 1.82) is 10.5 Å². The van der Waals surface area contributed by atoms with Gasteiger partial charge in [0.2, 0.25) is 5.00 Å². The Morgan fingerprint density at radius 3 is 1.98 bits per heavy atom. The highest BCUT2D eigenvalue weighted by Gasteiger charge is 2.19. The summed E-state index contributed by atoms with van der Waals surface area (Å²) in [7, 11) is 0. The normalized spacial score (nSPS) is 10.3. The number of nitriles is 2. The Balaban J connectivity index is 2.35. The minimum absolute atomic E-state index is 0.151. The number of carbonyl (C=O) groups is 2. The van der Waals surface area contributed by atoms with Crippen molar-refractivity contribution >= 4 is 50.6 Å². The number of azo groups is 1. The van der Waals surface area contributed by atoms with Gasteiger partial charge in [0.1, 0.15) is 28.6 Å². The molecule has 0 spiro atoms. The number of carbonyl (C=O) groups excluding carboxylic acids is 2. The smallest absolute Gasteiger partial charge is 0.333 e. The van der Waals surface area contributed by atoms with Gasteiger partial charge in [0.05, 0.1) is 30.9 Å². The lowest BCUT2D eigenvalue weighted by Crippen LogP contribution is -2.14. The fourth-order valence-electron chi connectivity index (χ4n) is 3.23. The first kappa shape index (κ1) is 32.2. The zero-order valence-electron chi connectivity index (χ0n) is 23.4. The molecule has 2 aromatic heterocycles. The van der Waals surface area contributed by atoms with Gasteiger partial charge >= 0.3 is 11.9 Å². The zero-order chi connectivity index (χ0) is 30.5. The number of anilines is 2. The van der Waals surface area contributed by atoms with Gasteiger partial charge in [-0.3, -0.25) is 0 Å². The van der Waals surface area contributed by atoms with Crippen LogP contribution in [0.2, 0.25) is 0 Å². The number of thiophene rings is 1. The van der Waals surface area contributed by atoms with Gasteiger partial charge in [-0.2, -0.15) is 10.5 Å². The fraction of sp³-hybridized carbons (Fsp3) is 0.357. The van der Waals surface area contributed by atoms with Gasteiger partial charge in [0.15, 0.2) is 5.82 Å². The minimum Gasteiger partial charge on any atom is -0.462 e.